The van der Waals surface area contributed by atoms with Gasteiger partial charge in [0.1, 0.15) is 0 Å². The third-order valence-corrected chi connectivity index (χ3v) is 3.23. The summed E-state index contributed by atoms with van der Waals surface area (Å²) >= 11 is 0. The lowest BCUT2D eigenvalue weighted by atomic mass is 10.2. The molecule has 4 nitrogen and oxygen atoms in total. The number of rotatable bonds is 2. The van der Waals surface area contributed by atoms with Gasteiger partial charge in [-0.05, 0) is 12.1 Å². The number of nitrogens with zero attached hydrogens (tertiary/aromatic N) is 1. The average molecular weight is 244 g/mol. The van der Waals surface area contributed by atoms with Gasteiger partial charge in [-0.15, -0.1) is 0 Å². The topological polar surface area (TPSA) is 60.2 Å². The Morgan fingerprint density at radius 3 is 2.60 bits per heavy atom. The molecule has 0 radical (unpaired) electrons. The summed E-state index contributed by atoms with van der Waals surface area (Å²) < 4.78 is 27.5. The summed E-state index contributed by atoms with van der Waals surface area (Å²) in [6.07, 6.45) is 2.66. The van der Waals surface area contributed by atoms with Crippen molar-refractivity contribution in [2.24, 2.45) is 0 Å². The molecule has 15 heavy (non-hydrogen) atoms. The second-order valence-corrected chi connectivity index (χ2v) is 5.33. The van der Waals surface area contributed by atoms with Crippen LogP contribution in [0.1, 0.15) is 0 Å². The van der Waals surface area contributed by atoms with E-state index in [2.05, 4.69) is 4.98 Å². The maximum Gasteiger partial charge on any atom is 0.262 e. The van der Waals surface area contributed by atoms with Crippen LogP contribution in [0.25, 0.3) is 11.3 Å². The van der Waals surface area contributed by atoms with Gasteiger partial charge in [-0.3, -0.25) is 0 Å². The summed E-state index contributed by atoms with van der Waals surface area (Å²) in [4.78, 5) is 3.73. The molecule has 0 amide bonds. The summed E-state index contributed by atoms with van der Waals surface area (Å²) in [5, 5.41) is 0. The van der Waals surface area contributed by atoms with E-state index in [0.717, 1.165) is 0 Å². The van der Waals surface area contributed by atoms with Gasteiger partial charge in [-0.25, -0.2) is 13.4 Å². The van der Waals surface area contributed by atoms with Gasteiger partial charge in [0.2, 0.25) is 0 Å². The average Bonchev–Trinajstić information content (AvgIpc) is 2.69. The third-order valence-electron chi connectivity index (χ3n) is 1.85. The summed E-state index contributed by atoms with van der Waals surface area (Å²) in [7, 11) is 1.52. The number of hydrogen-bond donors (Lipinski definition) is 0. The molecule has 78 valence electrons. The lowest BCUT2D eigenvalue weighted by molar-refractivity contribution is 0.569. The van der Waals surface area contributed by atoms with Gasteiger partial charge in [0.15, 0.2) is 12.2 Å². The highest BCUT2D eigenvalue weighted by Gasteiger charge is 2.17. The van der Waals surface area contributed by atoms with Gasteiger partial charge in [0, 0.05) is 16.2 Å². The largest absolute Gasteiger partial charge is 0.443 e. The fraction of sp³-hybridized carbons (Fsp3) is 0. The second kappa shape index (κ2) is 3.67. The first-order valence-electron chi connectivity index (χ1n) is 4.01. The van der Waals surface area contributed by atoms with Crippen molar-refractivity contribution in [2.45, 2.75) is 4.90 Å². The van der Waals surface area contributed by atoms with Crippen LogP contribution in [0.3, 0.4) is 0 Å². The number of benzene rings is 1. The Morgan fingerprint density at radius 1 is 1.27 bits per heavy atom. The highest BCUT2D eigenvalue weighted by Crippen LogP contribution is 2.28. The normalized spacial score (nSPS) is 11.5. The van der Waals surface area contributed by atoms with Crippen LogP contribution >= 0.6 is 10.7 Å². The standard InChI is InChI=1S/C9H6ClNO3S/c10-15(12,13)9-4-2-1-3-7(9)8-5-11-6-14-8/h1-6H. The molecular formula is C9H6ClNO3S. The molecule has 1 heterocycles. The van der Waals surface area contributed by atoms with Gasteiger partial charge in [0.25, 0.3) is 9.05 Å². The zero-order chi connectivity index (χ0) is 10.9. The predicted octanol–water partition coefficient (Wildman–Crippen LogP) is 2.27. The maximum atomic E-state index is 11.3. The molecular weight excluding hydrogens is 238 g/mol. The Hall–Kier alpha value is -1.33. The fourth-order valence-corrected chi connectivity index (χ4v) is 2.31. The van der Waals surface area contributed by atoms with E-state index in [9.17, 15) is 8.42 Å². The van der Waals surface area contributed by atoms with E-state index < -0.39 is 9.05 Å². The first kappa shape index (κ1) is 10.2. The smallest absolute Gasteiger partial charge is 0.262 e. The molecule has 6 heteroatoms. The fourth-order valence-electron chi connectivity index (χ4n) is 1.23. The van der Waals surface area contributed by atoms with Crippen molar-refractivity contribution in [3.8, 4) is 11.3 Å². The Kier molecular flexibility index (Phi) is 2.50. The highest BCUT2D eigenvalue weighted by molar-refractivity contribution is 8.13. The Bertz CT molecular complexity index is 563. The highest BCUT2D eigenvalue weighted by atomic mass is 35.7. The van der Waals surface area contributed by atoms with Crippen LogP contribution in [0.5, 0.6) is 0 Å². The summed E-state index contributed by atoms with van der Waals surface area (Å²) in [5.41, 5.74) is 0.407. The first-order valence-corrected chi connectivity index (χ1v) is 6.32. The van der Waals surface area contributed by atoms with Gasteiger partial charge in [0.05, 0.1) is 11.1 Å². The summed E-state index contributed by atoms with van der Waals surface area (Å²) in [5.74, 6) is 0.370. The lowest BCUT2D eigenvalue weighted by Crippen LogP contribution is -1.93. The number of aromatic nitrogens is 1. The zero-order valence-corrected chi connectivity index (χ0v) is 8.99. The molecule has 1 aromatic heterocycles. The van der Waals surface area contributed by atoms with E-state index in [-0.39, 0.29) is 4.90 Å². The third kappa shape index (κ3) is 2.03. The Balaban J connectivity index is 2.68. The van der Waals surface area contributed by atoms with Gasteiger partial charge in [-0.2, -0.15) is 0 Å². The Morgan fingerprint density at radius 2 is 2.00 bits per heavy atom. The molecule has 0 aliphatic heterocycles. The van der Waals surface area contributed by atoms with Crippen LogP contribution in [-0.2, 0) is 9.05 Å². The molecule has 0 fully saturated rings. The minimum Gasteiger partial charge on any atom is -0.443 e. The van der Waals surface area contributed by atoms with Crippen molar-refractivity contribution in [1.82, 2.24) is 4.98 Å². The van der Waals surface area contributed by atoms with E-state index in [1.54, 1.807) is 18.2 Å². The van der Waals surface area contributed by atoms with Gasteiger partial charge < -0.3 is 4.42 Å². The van der Waals surface area contributed by atoms with Gasteiger partial charge >= 0.3 is 0 Å². The second-order valence-electron chi connectivity index (χ2n) is 2.80. The molecule has 2 aromatic rings. The van der Waals surface area contributed by atoms with Crippen molar-refractivity contribution in [1.29, 1.82) is 0 Å². The van der Waals surface area contributed by atoms with Crippen LogP contribution in [0.15, 0.2) is 46.2 Å². The first-order chi connectivity index (χ1) is 7.09. The van der Waals surface area contributed by atoms with Crippen molar-refractivity contribution in [2.75, 3.05) is 0 Å². The molecule has 2 rings (SSSR count). The SMILES string of the molecule is O=S(=O)(Cl)c1ccccc1-c1cnco1. The molecule has 0 saturated carbocycles. The molecule has 0 aliphatic carbocycles. The molecule has 0 unspecified atom stereocenters. The van der Waals surface area contributed by atoms with Crippen LogP contribution in [0, 0.1) is 0 Å². The molecule has 1 aromatic carbocycles. The summed E-state index contributed by atoms with van der Waals surface area (Å²) in [6, 6.07) is 6.31. The molecule has 0 N–H and O–H groups in total. The number of hydrogen-bond acceptors (Lipinski definition) is 4. The molecule has 0 saturated heterocycles. The minimum atomic E-state index is -3.78. The number of halogens is 1. The lowest BCUT2D eigenvalue weighted by Gasteiger charge is -2.02. The van der Waals surface area contributed by atoms with Crippen LogP contribution < -0.4 is 0 Å². The molecule has 0 spiro atoms. The van der Waals surface area contributed by atoms with Crippen LogP contribution in [0.4, 0.5) is 0 Å². The zero-order valence-electron chi connectivity index (χ0n) is 7.42. The monoisotopic (exact) mass is 243 g/mol. The van der Waals surface area contributed by atoms with E-state index >= 15 is 0 Å². The quantitative estimate of drug-likeness (QED) is 0.759. The van der Waals surface area contributed by atoms with Crippen molar-refractivity contribution in [3.63, 3.8) is 0 Å². The Labute approximate surface area is 90.9 Å². The van der Waals surface area contributed by atoms with Crippen molar-refractivity contribution < 1.29 is 12.8 Å². The maximum absolute atomic E-state index is 11.3. The molecule has 0 bridgehead atoms. The minimum absolute atomic E-state index is 0.0171. The van der Waals surface area contributed by atoms with E-state index in [0.29, 0.717) is 11.3 Å². The van der Waals surface area contributed by atoms with Crippen molar-refractivity contribution >= 4 is 19.7 Å². The van der Waals surface area contributed by atoms with Crippen LogP contribution in [-0.4, -0.2) is 13.4 Å². The van der Waals surface area contributed by atoms with E-state index in [1.165, 1.54) is 18.7 Å². The number of oxazole rings is 1. The van der Waals surface area contributed by atoms with Crippen molar-refractivity contribution in [3.05, 3.63) is 36.9 Å². The predicted molar refractivity (Wildman–Crippen MR) is 55.0 cm³/mol. The van der Waals surface area contributed by atoms with E-state index in [1.807, 2.05) is 0 Å². The molecule has 0 atom stereocenters. The summed E-state index contributed by atoms with van der Waals surface area (Å²) in [6.45, 7) is 0. The van der Waals surface area contributed by atoms with Gasteiger partial charge in [-0.1, -0.05) is 12.1 Å². The van der Waals surface area contributed by atoms with Crippen LogP contribution in [0.2, 0.25) is 0 Å². The molecule has 0 aliphatic rings. The van der Waals surface area contributed by atoms with E-state index in [4.69, 9.17) is 15.1 Å².